The molecule has 150 valence electrons. The highest BCUT2D eigenvalue weighted by Crippen LogP contribution is 2.24. The monoisotopic (exact) mass is 407 g/mol. The molecule has 0 saturated heterocycles. The zero-order valence-corrected chi connectivity index (χ0v) is 17.5. The van der Waals surface area contributed by atoms with Gasteiger partial charge in [-0.1, -0.05) is 48.9 Å². The maximum atomic E-state index is 12.3. The van der Waals surface area contributed by atoms with E-state index in [0.29, 0.717) is 13.0 Å². The van der Waals surface area contributed by atoms with Crippen LogP contribution in [0.2, 0.25) is 0 Å². The molecule has 0 atom stereocenters. The smallest absolute Gasteiger partial charge is 0.226 e. The largest absolute Gasteiger partial charge is 0.352 e. The molecule has 2 N–H and O–H groups in total. The van der Waals surface area contributed by atoms with E-state index in [1.165, 1.54) is 5.56 Å². The molecule has 2 amide bonds. The van der Waals surface area contributed by atoms with Gasteiger partial charge in [0.15, 0.2) is 0 Å². The predicted octanol–water partition coefficient (Wildman–Crippen LogP) is 4.72. The van der Waals surface area contributed by atoms with E-state index < -0.39 is 0 Å². The van der Waals surface area contributed by atoms with Crippen molar-refractivity contribution < 1.29 is 9.59 Å². The van der Waals surface area contributed by atoms with E-state index in [1.807, 2.05) is 48.7 Å². The number of thiazole rings is 1. The maximum Gasteiger partial charge on any atom is 0.226 e. The number of carbonyl (C=O) groups is 2. The summed E-state index contributed by atoms with van der Waals surface area (Å²) in [5.41, 5.74) is 4.72. The van der Waals surface area contributed by atoms with Gasteiger partial charge in [-0.3, -0.25) is 9.59 Å². The Bertz CT molecular complexity index is 980. The highest BCUT2D eigenvalue weighted by molar-refractivity contribution is 7.13. The van der Waals surface area contributed by atoms with Gasteiger partial charge in [0.2, 0.25) is 11.8 Å². The number of carbonyl (C=O) groups excluding carboxylic acids is 2. The van der Waals surface area contributed by atoms with Crippen LogP contribution in [0.4, 0.5) is 5.69 Å². The minimum Gasteiger partial charge on any atom is -0.352 e. The van der Waals surface area contributed by atoms with Crippen LogP contribution in [0, 0.1) is 6.92 Å². The SMILES string of the molecule is CCCC(=O)Nc1cccc(CNC(=O)Cc2csc(-c3ccc(C)cc3)n2)c1. The summed E-state index contributed by atoms with van der Waals surface area (Å²) in [5.74, 6) is -0.0761. The number of hydrogen-bond acceptors (Lipinski definition) is 4. The Balaban J connectivity index is 1.53. The van der Waals surface area contributed by atoms with Crippen LogP contribution < -0.4 is 10.6 Å². The van der Waals surface area contributed by atoms with Gasteiger partial charge >= 0.3 is 0 Å². The van der Waals surface area contributed by atoms with Gasteiger partial charge < -0.3 is 10.6 Å². The van der Waals surface area contributed by atoms with Crippen molar-refractivity contribution in [3.05, 3.63) is 70.7 Å². The predicted molar refractivity (Wildman–Crippen MR) is 118 cm³/mol. The van der Waals surface area contributed by atoms with Crippen molar-refractivity contribution in [2.75, 3.05) is 5.32 Å². The van der Waals surface area contributed by atoms with E-state index >= 15 is 0 Å². The normalized spacial score (nSPS) is 10.6. The van der Waals surface area contributed by atoms with Crippen LogP contribution in [0.1, 0.15) is 36.6 Å². The van der Waals surface area contributed by atoms with E-state index in [-0.39, 0.29) is 18.2 Å². The molecule has 0 radical (unpaired) electrons. The molecule has 0 aliphatic heterocycles. The summed E-state index contributed by atoms with van der Waals surface area (Å²) in [6.45, 7) is 4.43. The van der Waals surface area contributed by atoms with E-state index in [0.717, 1.165) is 33.9 Å². The lowest BCUT2D eigenvalue weighted by Gasteiger charge is -2.08. The van der Waals surface area contributed by atoms with Crippen molar-refractivity contribution in [3.8, 4) is 10.6 Å². The number of aryl methyl sites for hydroxylation is 1. The zero-order chi connectivity index (χ0) is 20.6. The van der Waals surface area contributed by atoms with Crippen molar-refractivity contribution in [1.29, 1.82) is 0 Å². The molecule has 0 spiro atoms. The minimum atomic E-state index is -0.0776. The van der Waals surface area contributed by atoms with Crippen molar-refractivity contribution >= 4 is 28.8 Å². The average molecular weight is 408 g/mol. The Hall–Kier alpha value is -2.99. The molecule has 0 aliphatic carbocycles. The topological polar surface area (TPSA) is 71.1 Å². The first-order valence-electron chi connectivity index (χ1n) is 9.70. The van der Waals surface area contributed by atoms with E-state index in [4.69, 9.17) is 0 Å². The zero-order valence-electron chi connectivity index (χ0n) is 16.7. The van der Waals surface area contributed by atoms with Gasteiger partial charge in [0.1, 0.15) is 5.01 Å². The summed E-state index contributed by atoms with van der Waals surface area (Å²) >= 11 is 1.55. The lowest BCUT2D eigenvalue weighted by atomic mass is 10.1. The average Bonchev–Trinajstić information content (AvgIpc) is 3.16. The van der Waals surface area contributed by atoms with Crippen LogP contribution in [-0.2, 0) is 22.6 Å². The molecule has 6 heteroatoms. The molecule has 0 bridgehead atoms. The molecule has 3 rings (SSSR count). The van der Waals surface area contributed by atoms with Crippen molar-refractivity contribution in [1.82, 2.24) is 10.3 Å². The number of anilines is 1. The van der Waals surface area contributed by atoms with Gasteiger partial charge in [0.05, 0.1) is 12.1 Å². The summed E-state index contributed by atoms with van der Waals surface area (Å²) in [7, 11) is 0. The first kappa shape index (κ1) is 20.7. The lowest BCUT2D eigenvalue weighted by Crippen LogP contribution is -2.24. The number of rotatable bonds is 8. The molecule has 0 fully saturated rings. The third-order valence-corrected chi connectivity index (χ3v) is 5.31. The van der Waals surface area contributed by atoms with Crippen molar-refractivity contribution in [2.24, 2.45) is 0 Å². The van der Waals surface area contributed by atoms with Gasteiger partial charge in [-0.2, -0.15) is 0 Å². The summed E-state index contributed by atoms with van der Waals surface area (Å²) in [6.07, 6.45) is 1.55. The molecule has 1 heterocycles. The molecular weight excluding hydrogens is 382 g/mol. The Morgan fingerprint density at radius 3 is 2.62 bits per heavy atom. The lowest BCUT2D eigenvalue weighted by molar-refractivity contribution is -0.120. The van der Waals surface area contributed by atoms with E-state index in [2.05, 4.69) is 34.7 Å². The second-order valence-electron chi connectivity index (χ2n) is 6.96. The van der Waals surface area contributed by atoms with Gasteiger partial charge in [-0.25, -0.2) is 4.98 Å². The first-order valence-corrected chi connectivity index (χ1v) is 10.6. The van der Waals surface area contributed by atoms with Crippen LogP contribution in [0.25, 0.3) is 10.6 Å². The fourth-order valence-corrected chi connectivity index (χ4v) is 3.68. The van der Waals surface area contributed by atoms with Gasteiger partial charge in [0, 0.05) is 29.6 Å². The first-order chi connectivity index (χ1) is 14.0. The minimum absolute atomic E-state index is 0.00148. The molecule has 0 unspecified atom stereocenters. The van der Waals surface area contributed by atoms with E-state index in [1.54, 1.807) is 11.3 Å². The number of benzene rings is 2. The standard InChI is InChI=1S/C23H25N3O2S/c1-3-5-21(27)25-19-7-4-6-17(12-19)14-24-22(28)13-20-15-29-23(26-20)18-10-8-16(2)9-11-18/h4,6-12,15H,3,5,13-14H2,1-2H3,(H,24,28)(H,25,27). The van der Waals surface area contributed by atoms with Crippen molar-refractivity contribution in [3.63, 3.8) is 0 Å². The Morgan fingerprint density at radius 1 is 1.07 bits per heavy atom. The molecule has 2 aromatic carbocycles. The molecular formula is C23H25N3O2S. The molecule has 29 heavy (non-hydrogen) atoms. The summed E-state index contributed by atoms with van der Waals surface area (Å²) in [6, 6.07) is 15.7. The summed E-state index contributed by atoms with van der Waals surface area (Å²) in [4.78, 5) is 28.6. The number of aromatic nitrogens is 1. The quantitative estimate of drug-likeness (QED) is 0.568. The van der Waals surface area contributed by atoms with Crippen LogP contribution in [-0.4, -0.2) is 16.8 Å². The second kappa shape index (κ2) is 9.98. The summed E-state index contributed by atoms with van der Waals surface area (Å²) in [5, 5.41) is 8.64. The molecule has 3 aromatic rings. The highest BCUT2D eigenvalue weighted by Gasteiger charge is 2.09. The van der Waals surface area contributed by atoms with Gasteiger partial charge in [-0.05, 0) is 31.0 Å². The fourth-order valence-electron chi connectivity index (χ4n) is 2.85. The second-order valence-corrected chi connectivity index (χ2v) is 7.82. The van der Waals surface area contributed by atoms with Crippen LogP contribution in [0.3, 0.4) is 0 Å². The van der Waals surface area contributed by atoms with E-state index in [9.17, 15) is 9.59 Å². The van der Waals surface area contributed by atoms with Gasteiger partial charge in [0.25, 0.3) is 0 Å². The maximum absolute atomic E-state index is 12.3. The molecule has 0 aliphatic rings. The Morgan fingerprint density at radius 2 is 1.86 bits per heavy atom. The Kier molecular flexibility index (Phi) is 7.14. The van der Waals surface area contributed by atoms with Crippen LogP contribution in [0.5, 0.6) is 0 Å². The van der Waals surface area contributed by atoms with Crippen molar-refractivity contribution in [2.45, 2.75) is 39.7 Å². The summed E-state index contributed by atoms with van der Waals surface area (Å²) < 4.78 is 0. The fraction of sp³-hybridized carbons (Fsp3) is 0.261. The number of nitrogens with zero attached hydrogens (tertiary/aromatic N) is 1. The number of amides is 2. The Labute approximate surface area is 175 Å². The molecule has 0 saturated carbocycles. The van der Waals surface area contributed by atoms with Crippen LogP contribution in [0.15, 0.2) is 53.9 Å². The van der Waals surface area contributed by atoms with Gasteiger partial charge in [-0.15, -0.1) is 11.3 Å². The number of hydrogen-bond donors (Lipinski definition) is 2. The van der Waals surface area contributed by atoms with Crippen LogP contribution >= 0.6 is 11.3 Å². The third kappa shape index (κ3) is 6.26. The number of nitrogens with one attached hydrogen (secondary N) is 2. The molecule has 5 nitrogen and oxygen atoms in total. The molecule has 1 aromatic heterocycles. The highest BCUT2D eigenvalue weighted by atomic mass is 32.1. The third-order valence-electron chi connectivity index (χ3n) is 4.37.